The number of para-hydroxylation sites is 1. The largest absolute Gasteiger partial charge is 0.361 e. The number of pyridine rings is 1. The van der Waals surface area contributed by atoms with E-state index >= 15 is 0 Å². The Kier molecular flexibility index (Phi) is 7.03. The maximum Gasteiger partial charge on any atom is 0.222 e. The van der Waals surface area contributed by atoms with Crippen LogP contribution in [-0.4, -0.2) is 27.3 Å². The van der Waals surface area contributed by atoms with Crippen molar-refractivity contribution in [2.24, 2.45) is 0 Å². The Hall–Kier alpha value is -2.62. The number of hydrogen-bond acceptors (Lipinski definition) is 2. The van der Waals surface area contributed by atoms with Crippen LogP contribution >= 0.6 is 0 Å². The molecule has 2 aromatic heterocycles. The molecule has 0 saturated carbocycles. The van der Waals surface area contributed by atoms with Crippen LogP contribution in [-0.2, 0) is 17.8 Å². The molecule has 0 aliphatic rings. The third kappa shape index (κ3) is 5.43. The summed E-state index contributed by atoms with van der Waals surface area (Å²) in [6, 6.07) is 12.3. The summed E-state index contributed by atoms with van der Waals surface area (Å²) in [6.45, 7) is 3.58. The molecule has 0 saturated heterocycles. The molecule has 0 unspecified atom stereocenters. The van der Waals surface area contributed by atoms with E-state index < -0.39 is 0 Å². The summed E-state index contributed by atoms with van der Waals surface area (Å²) in [5.41, 5.74) is 3.55. The smallest absolute Gasteiger partial charge is 0.222 e. The van der Waals surface area contributed by atoms with Gasteiger partial charge < -0.3 is 9.88 Å². The Morgan fingerprint density at radius 1 is 1.07 bits per heavy atom. The van der Waals surface area contributed by atoms with Crippen molar-refractivity contribution in [2.45, 2.75) is 52.0 Å². The van der Waals surface area contributed by atoms with Gasteiger partial charge in [0.15, 0.2) is 0 Å². The van der Waals surface area contributed by atoms with Crippen LogP contribution in [0.15, 0.2) is 55.0 Å². The molecule has 0 fully saturated rings. The second kappa shape index (κ2) is 9.91. The number of aromatic nitrogens is 2. The van der Waals surface area contributed by atoms with Gasteiger partial charge in [0.1, 0.15) is 0 Å². The van der Waals surface area contributed by atoms with Crippen molar-refractivity contribution < 1.29 is 4.79 Å². The summed E-state index contributed by atoms with van der Waals surface area (Å²) in [4.78, 5) is 22.2. The van der Waals surface area contributed by atoms with Crippen molar-refractivity contribution in [2.75, 3.05) is 6.54 Å². The predicted octanol–water partition coefficient (Wildman–Crippen LogP) is 5.10. The Morgan fingerprint density at radius 3 is 2.70 bits per heavy atom. The lowest BCUT2D eigenvalue weighted by atomic mass is 10.1. The van der Waals surface area contributed by atoms with E-state index in [0.717, 1.165) is 36.9 Å². The molecule has 1 aromatic carbocycles. The summed E-state index contributed by atoms with van der Waals surface area (Å²) in [7, 11) is 0. The minimum absolute atomic E-state index is 0.253. The normalized spacial score (nSPS) is 11.0. The van der Waals surface area contributed by atoms with E-state index in [9.17, 15) is 4.79 Å². The number of fused-ring (bicyclic) bond motifs is 1. The van der Waals surface area contributed by atoms with E-state index in [2.05, 4.69) is 41.3 Å². The third-order valence-electron chi connectivity index (χ3n) is 5.05. The highest BCUT2D eigenvalue weighted by atomic mass is 16.2. The van der Waals surface area contributed by atoms with Gasteiger partial charge in [-0.15, -0.1) is 0 Å². The van der Waals surface area contributed by atoms with Crippen LogP contribution in [0.4, 0.5) is 0 Å². The standard InChI is InChI=1S/C23H29N3O/c1-2-3-4-5-10-23(27)26(18-19-11-14-24-15-12-19)16-13-20-17-25-22-9-7-6-8-21(20)22/h6-9,11-12,14-15,17,25H,2-5,10,13,16,18H2,1H3. The number of hydrogen-bond donors (Lipinski definition) is 1. The van der Waals surface area contributed by atoms with E-state index in [1.54, 1.807) is 12.4 Å². The van der Waals surface area contributed by atoms with Gasteiger partial charge in [-0.1, -0.05) is 44.4 Å². The number of unbranched alkanes of at least 4 members (excludes halogenated alkanes) is 3. The molecule has 0 aliphatic heterocycles. The molecule has 0 bridgehead atoms. The monoisotopic (exact) mass is 363 g/mol. The first-order chi connectivity index (χ1) is 13.3. The van der Waals surface area contributed by atoms with Gasteiger partial charge in [0.2, 0.25) is 5.91 Å². The van der Waals surface area contributed by atoms with Crippen LogP contribution < -0.4 is 0 Å². The summed E-state index contributed by atoms with van der Waals surface area (Å²) in [5.74, 6) is 0.253. The van der Waals surface area contributed by atoms with E-state index in [4.69, 9.17) is 0 Å². The molecule has 0 aliphatic carbocycles. The predicted molar refractivity (Wildman–Crippen MR) is 110 cm³/mol. The molecule has 0 radical (unpaired) electrons. The Balaban J connectivity index is 1.66. The fraction of sp³-hybridized carbons (Fsp3) is 0.391. The minimum atomic E-state index is 0.253. The average Bonchev–Trinajstić information content (AvgIpc) is 3.12. The molecule has 3 rings (SSSR count). The number of carbonyl (C=O) groups excluding carboxylic acids is 1. The molecule has 2 heterocycles. The van der Waals surface area contributed by atoms with Crippen LogP contribution in [0.1, 0.15) is 50.2 Å². The highest BCUT2D eigenvalue weighted by Crippen LogP contribution is 2.19. The van der Waals surface area contributed by atoms with E-state index in [0.29, 0.717) is 13.0 Å². The molecule has 4 nitrogen and oxygen atoms in total. The van der Waals surface area contributed by atoms with Crippen molar-refractivity contribution in [3.05, 3.63) is 66.1 Å². The van der Waals surface area contributed by atoms with E-state index in [-0.39, 0.29) is 5.91 Å². The number of H-pyrrole nitrogens is 1. The summed E-state index contributed by atoms with van der Waals surface area (Å²) < 4.78 is 0. The quantitative estimate of drug-likeness (QED) is 0.509. The van der Waals surface area contributed by atoms with Crippen molar-refractivity contribution >= 4 is 16.8 Å². The van der Waals surface area contributed by atoms with Crippen molar-refractivity contribution in [1.82, 2.24) is 14.9 Å². The Morgan fingerprint density at radius 2 is 1.89 bits per heavy atom. The van der Waals surface area contributed by atoms with Gasteiger partial charge >= 0.3 is 0 Å². The molecular weight excluding hydrogens is 334 g/mol. The zero-order valence-corrected chi connectivity index (χ0v) is 16.2. The van der Waals surface area contributed by atoms with Crippen molar-refractivity contribution in [3.8, 4) is 0 Å². The van der Waals surface area contributed by atoms with Crippen LogP contribution in [0.5, 0.6) is 0 Å². The number of carbonyl (C=O) groups is 1. The lowest BCUT2D eigenvalue weighted by Crippen LogP contribution is -2.32. The third-order valence-corrected chi connectivity index (χ3v) is 5.05. The number of rotatable bonds is 10. The minimum Gasteiger partial charge on any atom is -0.361 e. The lowest BCUT2D eigenvalue weighted by molar-refractivity contribution is -0.131. The first kappa shape index (κ1) is 19.2. The van der Waals surface area contributed by atoms with Crippen molar-refractivity contribution in [3.63, 3.8) is 0 Å². The molecule has 27 heavy (non-hydrogen) atoms. The number of aromatic amines is 1. The van der Waals surface area contributed by atoms with Gasteiger partial charge in [0.05, 0.1) is 0 Å². The molecule has 1 amide bonds. The Labute approximate surface area is 161 Å². The van der Waals surface area contributed by atoms with Gasteiger partial charge in [0, 0.05) is 49.0 Å². The fourth-order valence-electron chi connectivity index (χ4n) is 3.46. The van der Waals surface area contributed by atoms with Crippen LogP contribution in [0.2, 0.25) is 0 Å². The van der Waals surface area contributed by atoms with Gasteiger partial charge in [-0.05, 0) is 42.2 Å². The summed E-state index contributed by atoms with van der Waals surface area (Å²) >= 11 is 0. The maximum absolute atomic E-state index is 12.8. The zero-order chi connectivity index (χ0) is 18.9. The lowest BCUT2D eigenvalue weighted by Gasteiger charge is -2.23. The van der Waals surface area contributed by atoms with E-state index in [1.807, 2.05) is 23.1 Å². The van der Waals surface area contributed by atoms with Gasteiger partial charge in [0.25, 0.3) is 0 Å². The maximum atomic E-state index is 12.8. The molecule has 4 heteroatoms. The number of benzene rings is 1. The second-order valence-electron chi connectivity index (χ2n) is 7.09. The molecule has 3 aromatic rings. The summed E-state index contributed by atoms with van der Waals surface area (Å²) in [6.07, 6.45) is 11.6. The fourth-order valence-corrected chi connectivity index (χ4v) is 3.46. The topological polar surface area (TPSA) is 49.0 Å². The van der Waals surface area contributed by atoms with Crippen molar-refractivity contribution in [1.29, 1.82) is 0 Å². The molecule has 0 spiro atoms. The first-order valence-electron chi connectivity index (χ1n) is 9.99. The Bertz CT molecular complexity index is 841. The molecular formula is C23H29N3O. The van der Waals surface area contributed by atoms with Crippen LogP contribution in [0.3, 0.4) is 0 Å². The number of amides is 1. The highest BCUT2D eigenvalue weighted by molar-refractivity contribution is 5.83. The SMILES string of the molecule is CCCCCCC(=O)N(CCc1c[nH]c2ccccc12)Cc1ccncc1. The number of nitrogens with zero attached hydrogens (tertiary/aromatic N) is 2. The van der Waals surface area contributed by atoms with Gasteiger partial charge in [-0.2, -0.15) is 0 Å². The van der Waals surface area contributed by atoms with Crippen LogP contribution in [0, 0.1) is 0 Å². The van der Waals surface area contributed by atoms with E-state index in [1.165, 1.54) is 23.8 Å². The molecule has 0 atom stereocenters. The van der Waals surface area contributed by atoms with Gasteiger partial charge in [-0.25, -0.2) is 0 Å². The summed E-state index contributed by atoms with van der Waals surface area (Å²) in [5, 5.41) is 1.25. The first-order valence-corrected chi connectivity index (χ1v) is 9.99. The zero-order valence-electron chi connectivity index (χ0n) is 16.2. The number of nitrogens with one attached hydrogen (secondary N) is 1. The molecule has 1 N–H and O–H groups in total. The molecule has 142 valence electrons. The second-order valence-corrected chi connectivity index (χ2v) is 7.09. The average molecular weight is 364 g/mol. The van der Waals surface area contributed by atoms with Gasteiger partial charge in [-0.3, -0.25) is 9.78 Å². The van der Waals surface area contributed by atoms with Crippen LogP contribution in [0.25, 0.3) is 10.9 Å². The highest BCUT2D eigenvalue weighted by Gasteiger charge is 2.15.